The number of carbonyl (C=O) groups is 2. The van der Waals surface area contributed by atoms with Gasteiger partial charge in [0, 0.05) is 41.9 Å². The predicted molar refractivity (Wildman–Crippen MR) is 165 cm³/mol. The van der Waals surface area contributed by atoms with Gasteiger partial charge in [0.2, 0.25) is 0 Å². The molecule has 5 aromatic rings. The second-order valence-electron chi connectivity index (χ2n) is 10.4. The number of methoxy groups -OCH3 is 2. The van der Waals surface area contributed by atoms with Crippen LogP contribution in [0.3, 0.4) is 0 Å². The Morgan fingerprint density at radius 2 is 1.70 bits per heavy atom. The molecule has 0 atom stereocenters. The van der Waals surface area contributed by atoms with E-state index in [4.69, 9.17) is 14.2 Å². The second-order valence-corrected chi connectivity index (χ2v) is 10.4. The molecule has 0 unspecified atom stereocenters. The minimum atomic E-state index is -0.632. The fourth-order valence-corrected chi connectivity index (χ4v) is 5.41. The number of rotatable bonds is 9. The lowest BCUT2D eigenvalue weighted by atomic mass is 9.92. The number of nitrogens with zero attached hydrogens (tertiary/aromatic N) is 3. The van der Waals surface area contributed by atoms with Crippen LogP contribution in [0.25, 0.3) is 10.9 Å². The minimum absolute atomic E-state index is 0.0620. The van der Waals surface area contributed by atoms with Gasteiger partial charge in [-0.1, -0.05) is 30.3 Å². The van der Waals surface area contributed by atoms with Crippen LogP contribution in [0.5, 0.6) is 23.0 Å². The minimum Gasteiger partial charge on any atom is -0.493 e. The fourth-order valence-electron chi connectivity index (χ4n) is 5.41. The maximum Gasteiger partial charge on any atom is 0.263 e. The highest BCUT2D eigenvalue weighted by molar-refractivity contribution is 6.06. The molecule has 1 amide bonds. The topological polar surface area (TPSA) is 122 Å². The van der Waals surface area contributed by atoms with Gasteiger partial charge in [-0.05, 0) is 55.2 Å². The molecule has 0 aliphatic heterocycles. The summed E-state index contributed by atoms with van der Waals surface area (Å²) >= 11 is 0. The zero-order valence-electron chi connectivity index (χ0n) is 24.3. The van der Waals surface area contributed by atoms with Crippen LogP contribution >= 0.6 is 0 Å². The van der Waals surface area contributed by atoms with Gasteiger partial charge < -0.3 is 24.1 Å². The fraction of sp³-hybridized carbons (Fsp3) is 0.206. The SMILES string of the molecule is COc1cc2nccc(Oc3ccc(NC(=O)c4cc5c(n(CCc6ccccc6)c4=O)CCCC5=O)nc3)c2cc1OC. The molecule has 6 rings (SSSR count). The molecule has 10 heteroatoms. The van der Waals surface area contributed by atoms with Gasteiger partial charge in [0.15, 0.2) is 17.3 Å². The molecule has 3 heterocycles. The van der Waals surface area contributed by atoms with E-state index in [1.165, 1.54) is 12.3 Å². The lowest BCUT2D eigenvalue weighted by Crippen LogP contribution is -2.35. The van der Waals surface area contributed by atoms with E-state index in [0.717, 1.165) is 5.56 Å². The number of nitrogens with one attached hydrogen (secondary N) is 1. The summed E-state index contributed by atoms with van der Waals surface area (Å²) in [6, 6.07) is 19.7. The van der Waals surface area contributed by atoms with E-state index in [1.54, 1.807) is 55.3 Å². The average Bonchev–Trinajstić information content (AvgIpc) is 3.05. The van der Waals surface area contributed by atoms with Crippen LogP contribution in [0.2, 0.25) is 0 Å². The summed E-state index contributed by atoms with van der Waals surface area (Å²) in [5.41, 5.74) is 2.33. The number of hydrogen-bond donors (Lipinski definition) is 1. The Kier molecular flexibility index (Phi) is 8.05. The first-order chi connectivity index (χ1) is 21.4. The first kappa shape index (κ1) is 28.6. The number of fused-ring (bicyclic) bond motifs is 2. The highest BCUT2D eigenvalue weighted by Gasteiger charge is 2.25. The van der Waals surface area contributed by atoms with E-state index < -0.39 is 11.5 Å². The Hall–Kier alpha value is -5.51. The van der Waals surface area contributed by atoms with Crippen molar-refractivity contribution < 1.29 is 23.8 Å². The summed E-state index contributed by atoms with van der Waals surface area (Å²) in [5, 5.41) is 3.42. The zero-order chi connectivity index (χ0) is 30.6. The average molecular weight is 591 g/mol. The lowest BCUT2D eigenvalue weighted by molar-refractivity contribution is 0.0970. The van der Waals surface area contributed by atoms with Crippen LogP contribution < -0.4 is 25.1 Å². The van der Waals surface area contributed by atoms with Crippen LogP contribution in [0.4, 0.5) is 5.82 Å². The Morgan fingerprint density at radius 3 is 2.45 bits per heavy atom. The highest BCUT2D eigenvalue weighted by atomic mass is 16.5. The molecule has 0 radical (unpaired) electrons. The molecular weight excluding hydrogens is 560 g/mol. The number of pyridine rings is 3. The molecule has 0 bridgehead atoms. The molecule has 0 spiro atoms. The number of Topliss-reactive ketones (excluding diaryl/α,β-unsaturated/α-hetero) is 1. The quantitative estimate of drug-likeness (QED) is 0.235. The summed E-state index contributed by atoms with van der Waals surface area (Å²) < 4.78 is 18.5. The van der Waals surface area contributed by atoms with Crippen molar-refractivity contribution >= 4 is 28.4 Å². The molecule has 44 heavy (non-hydrogen) atoms. The monoisotopic (exact) mass is 590 g/mol. The standard InChI is InChI=1S/C34H30N4O6/c1-42-30-18-23-26(19-31(30)43-2)35-15-13-29(23)44-22-11-12-32(36-20-22)37-33(40)25-17-24-27(9-6-10-28(24)39)38(34(25)41)16-14-21-7-4-3-5-8-21/h3-5,7-8,11-13,15,17-20H,6,9-10,14,16H2,1-2H3,(H,36,37,40). The number of aromatic nitrogens is 3. The van der Waals surface area contributed by atoms with Gasteiger partial charge in [0.05, 0.1) is 25.9 Å². The summed E-state index contributed by atoms with van der Waals surface area (Å²) in [7, 11) is 3.11. The maximum atomic E-state index is 13.6. The number of ketones is 1. The molecule has 1 N–H and O–H groups in total. The normalized spacial score (nSPS) is 12.5. The van der Waals surface area contributed by atoms with Crippen molar-refractivity contribution in [1.29, 1.82) is 0 Å². The van der Waals surface area contributed by atoms with Gasteiger partial charge >= 0.3 is 0 Å². The molecule has 3 aromatic heterocycles. The van der Waals surface area contributed by atoms with Gasteiger partial charge in [-0.2, -0.15) is 0 Å². The van der Waals surface area contributed by atoms with Crippen molar-refractivity contribution in [2.45, 2.75) is 32.2 Å². The van der Waals surface area contributed by atoms with E-state index in [2.05, 4.69) is 15.3 Å². The van der Waals surface area contributed by atoms with Gasteiger partial charge in [-0.3, -0.25) is 19.4 Å². The largest absolute Gasteiger partial charge is 0.493 e. The summed E-state index contributed by atoms with van der Waals surface area (Å²) in [6.45, 7) is 0.367. The van der Waals surface area contributed by atoms with Crippen molar-refractivity contribution in [1.82, 2.24) is 14.5 Å². The van der Waals surface area contributed by atoms with Crippen molar-refractivity contribution in [2.24, 2.45) is 0 Å². The van der Waals surface area contributed by atoms with Crippen LogP contribution in [0.15, 0.2) is 83.9 Å². The first-order valence-electron chi connectivity index (χ1n) is 14.2. The van der Waals surface area contributed by atoms with Gasteiger partial charge in [0.25, 0.3) is 11.5 Å². The smallest absolute Gasteiger partial charge is 0.263 e. The number of aryl methyl sites for hydroxylation is 1. The van der Waals surface area contributed by atoms with Crippen molar-refractivity contribution in [3.63, 3.8) is 0 Å². The number of hydrogen-bond acceptors (Lipinski definition) is 8. The number of amides is 1. The number of benzene rings is 2. The Bertz CT molecular complexity index is 1920. The van der Waals surface area contributed by atoms with E-state index in [-0.39, 0.29) is 17.2 Å². The molecule has 1 aliphatic rings. The molecule has 0 saturated carbocycles. The second kappa shape index (κ2) is 12.4. The van der Waals surface area contributed by atoms with Gasteiger partial charge in [0.1, 0.15) is 22.9 Å². The molecule has 2 aromatic carbocycles. The third kappa shape index (κ3) is 5.74. The summed E-state index contributed by atoms with van der Waals surface area (Å²) in [6.07, 6.45) is 5.38. The Morgan fingerprint density at radius 1 is 0.909 bits per heavy atom. The number of ether oxygens (including phenoxy) is 3. The first-order valence-corrected chi connectivity index (χ1v) is 14.2. The third-order valence-electron chi connectivity index (χ3n) is 7.64. The molecule has 0 fully saturated rings. The molecule has 10 nitrogen and oxygen atoms in total. The van der Waals surface area contributed by atoms with Crippen molar-refractivity contribution in [2.75, 3.05) is 19.5 Å². The molecule has 222 valence electrons. The van der Waals surface area contributed by atoms with Crippen LogP contribution in [-0.4, -0.2) is 40.4 Å². The molecular formula is C34H30N4O6. The number of anilines is 1. The lowest BCUT2D eigenvalue weighted by Gasteiger charge is -2.21. The Labute approximate surface area is 253 Å². The maximum absolute atomic E-state index is 13.6. The number of carbonyl (C=O) groups excluding carboxylic acids is 2. The Balaban J connectivity index is 1.23. The summed E-state index contributed by atoms with van der Waals surface area (Å²) in [5.74, 6) is 1.58. The van der Waals surface area contributed by atoms with Crippen LogP contribution in [0.1, 0.15) is 44.8 Å². The van der Waals surface area contributed by atoms with Crippen molar-refractivity contribution in [3.8, 4) is 23.0 Å². The van der Waals surface area contributed by atoms with Crippen LogP contribution in [0, 0.1) is 0 Å². The zero-order valence-corrected chi connectivity index (χ0v) is 24.3. The van der Waals surface area contributed by atoms with Crippen LogP contribution in [-0.2, 0) is 19.4 Å². The van der Waals surface area contributed by atoms with Gasteiger partial charge in [-0.15, -0.1) is 0 Å². The van der Waals surface area contributed by atoms with E-state index in [1.807, 2.05) is 30.3 Å². The van der Waals surface area contributed by atoms with E-state index >= 15 is 0 Å². The molecule has 1 aliphatic carbocycles. The van der Waals surface area contributed by atoms with Gasteiger partial charge in [-0.25, -0.2) is 4.98 Å². The molecule has 0 saturated heterocycles. The predicted octanol–water partition coefficient (Wildman–Crippen LogP) is 5.62. The van der Waals surface area contributed by atoms with E-state index in [9.17, 15) is 14.4 Å². The van der Waals surface area contributed by atoms with E-state index in [0.29, 0.717) is 77.4 Å². The summed E-state index contributed by atoms with van der Waals surface area (Å²) in [4.78, 5) is 48.4. The van der Waals surface area contributed by atoms with Crippen molar-refractivity contribution in [3.05, 3.63) is 112 Å². The highest BCUT2D eigenvalue weighted by Crippen LogP contribution is 2.36. The third-order valence-corrected chi connectivity index (χ3v) is 7.64.